The van der Waals surface area contributed by atoms with E-state index in [1.807, 2.05) is 0 Å². The van der Waals surface area contributed by atoms with Gasteiger partial charge >= 0.3 is 6.18 Å². The van der Waals surface area contributed by atoms with E-state index in [-0.39, 0.29) is 5.76 Å². The topological polar surface area (TPSA) is 26.0 Å². The van der Waals surface area contributed by atoms with Crippen molar-refractivity contribution in [3.63, 3.8) is 0 Å². The fraction of sp³-hybridized carbons (Fsp3) is 0.182. The largest absolute Gasteiger partial charge is 0.421 e. The first-order valence-electron chi connectivity index (χ1n) is 4.71. The number of alkyl halides is 4. The molecule has 2 aromatic rings. The van der Waals surface area contributed by atoms with E-state index < -0.39 is 16.6 Å². The number of hydrogen-bond acceptors (Lipinski definition) is 2. The SMILES string of the molecule is FC(F)(F)c1cnoc1C(Br)c1ccccc1. The Morgan fingerprint density at radius 2 is 1.82 bits per heavy atom. The average Bonchev–Trinajstić information content (AvgIpc) is 2.78. The van der Waals surface area contributed by atoms with Gasteiger partial charge in [-0.1, -0.05) is 51.4 Å². The second-order valence-electron chi connectivity index (χ2n) is 3.37. The highest BCUT2D eigenvalue weighted by Gasteiger charge is 2.38. The summed E-state index contributed by atoms with van der Waals surface area (Å²) in [7, 11) is 0. The van der Waals surface area contributed by atoms with Crippen LogP contribution in [0, 0.1) is 0 Å². The third kappa shape index (κ3) is 2.52. The molecular weight excluding hydrogens is 299 g/mol. The van der Waals surface area contributed by atoms with E-state index in [9.17, 15) is 13.2 Å². The Morgan fingerprint density at radius 1 is 1.18 bits per heavy atom. The van der Waals surface area contributed by atoms with E-state index in [1.165, 1.54) is 0 Å². The van der Waals surface area contributed by atoms with Crippen LogP contribution in [0.15, 0.2) is 41.1 Å². The lowest BCUT2D eigenvalue weighted by atomic mass is 10.1. The fourth-order valence-corrected chi connectivity index (χ4v) is 2.05. The number of aromatic nitrogens is 1. The molecule has 0 bridgehead atoms. The lowest BCUT2D eigenvalue weighted by Gasteiger charge is -2.10. The Kier molecular flexibility index (Phi) is 3.24. The highest BCUT2D eigenvalue weighted by atomic mass is 79.9. The van der Waals surface area contributed by atoms with E-state index in [0.717, 1.165) is 0 Å². The molecule has 1 unspecified atom stereocenters. The second kappa shape index (κ2) is 4.52. The number of nitrogens with zero attached hydrogens (tertiary/aromatic N) is 1. The lowest BCUT2D eigenvalue weighted by Crippen LogP contribution is -2.08. The Labute approximate surface area is 104 Å². The van der Waals surface area contributed by atoms with Crippen LogP contribution in [-0.2, 0) is 6.18 Å². The predicted molar refractivity (Wildman–Crippen MR) is 58.7 cm³/mol. The van der Waals surface area contributed by atoms with Gasteiger partial charge in [0.25, 0.3) is 0 Å². The first-order chi connectivity index (χ1) is 8.00. The van der Waals surface area contributed by atoms with Crippen molar-refractivity contribution in [2.24, 2.45) is 0 Å². The summed E-state index contributed by atoms with van der Waals surface area (Å²) in [6.45, 7) is 0. The van der Waals surface area contributed by atoms with Gasteiger partial charge in [0.15, 0.2) is 5.76 Å². The minimum Gasteiger partial charge on any atom is -0.359 e. The fourth-order valence-electron chi connectivity index (χ4n) is 1.42. The monoisotopic (exact) mass is 305 g/mol. The van der Waals surface area contributed by atoms with Crippen molar-refractivity contribution in [2.75, 3.05) is 0 Å². The highest BCUT2D eigenvalue weighted by molar-refractivity contribution is 9.09. The van der Waals surface area contributed by atoms with Crippen molar-refractivity contribution in [2.45, 2.75) is 11.0 Å². The Bertz CT molecular complexity index is 495. The summed E-state index contributed by atoms with van der Waals surface area (Å²) in [5.41, 5.74) is -0.182. The quantitative estimate of drug-likeness (QED) is 0.778. The third-order valence-electron chi connectivity index (χ3n) is 2.23. The summed E-state index contributed by atoms with van der Waals surface area (Å²) < 4.78 is 42.6. The molecule has 6 heteroatoms. The molecule has 1 aromatic heterocycles. The molecule has 1 aromatic carbocycles. The third-order valence-corrected chi connectivity index (χ3v) is 3.17. The van der Waals surface area contributed by atoms with Crippen LogP contribution >= 0.6 is 15.9 Å². The standard InChI is InChI=1S/C11H7BrF3NO/c12-9(7-4-2-1-3-5-7)10-8(6-16-17-10)11(13,14)15/h1-6,9H. The van der Waals surface area contributed by atoms with Crippen LogP contribution in [-0.4, -0.2) is 5.16 Å². The normalized spacial score (nSPS) is 13.6. The predicted octanol–water partition coefficient (Wildman–Crippen LogP) is 4.18. The highest BCUT2D eigenvalue weighted by Crippen LogP contribution is 2.39. The van der Waals surface area contributed by atoms with Crippen molar-refractivity contribution in [1.29, 1.82) is 0 Å². The first kappa shape index (κ1) is 12.2. The van der Waals surface area contributed by atoms with E-state index in [4.69, 9.17) is 4.52 Å². The molecule has 0 fully saturated rings. The van der Waals surface area contributed by atoms with Crippen LogP contribution in [0.4, 0.5) is 13.2 Å². The molecule has 1 heterocycles. The summed E-state index contributed by atoms with van der Waals surface area (Å²) in [6, 6.07) is 8.69. The molecule has 2 nitrogen and oxygen atoms in total. The van der Waals surface area contributed by atoms with Gasteiger partial charge in [0.1, 0.15) is 10.4 Å². The Balaban J connectivity index is 2.39. The Hall–Kier alpha value is -1.30. The molecule has 1 atom stereocenters. The number of rotatable bonds is 2. The van der Waals surface area contributed by atoms with Gasteiger partial charge in [0.05, 0.1) is 6.20 Å². The maximum atomic E-state index is 12.6. The zero-order valence-electron chi connectivity index (χ0n) is 8.41. The number of benzene rings is 1. The van der Waals surface area contributed by atoms with Crippen LogP contribution in [0.2, 0.25) is 0 Å². The van der Waals surface area contributed by atoms with E-state index >= 15 is 0 Å². The van der Waals surface area contributed by atoms with Crippen molar-refractivity contribution < 1.29 is 17.7 Å². The molecule has 0 saturated carbocycles. The zero-order chi connectivity index (χ0) is 12.5. The second-order valence-corrected chi connectivity index (χ2v) is 4.29. The van der Waals surface area contributed by atoms with Crippen molar-refractivity contribution in [3.8, 4) is 0 Å². The van der Waals surface area contributed by atoms with Gasteiger partial charge in [-0.15, -0.1) is 0 Å². The molecule has 17 heavy (non-hydrogen) atoms. The number of halogens is 4. The molecule has 90 valence electrons. The average molecular weight is 306 g/mol. The van der Waals surface area contributed by atoms with Crippen LogP contribution in [0.25, 0.3) is 0 Å². The Morgan fingerprint density at radius 3 is 2.41 bits per heavy atom. The van der Waals surface area contributed by atoms with Gasteiger partial charge in [0.2, 0.25) is 0 Å². The summed E-state index contributed by atoms with van der Waals surface area (Å²) in [5, 5.41) is 3.21. The maximum absolute atomic E-state index is 12.6. The molecule has 0 amide bonds. The minimum atomic E-state index is -4.46. The molecule has 0 spiro atoms. The molecule has 0 radical (unpaired) electrons. The van der Waals surface area contributed by atoms with Crippen LogP contribution in [0.3, 0.4) is 0 Å². The van der Waals surface area contributed by atoms with E-state index in [2.05, 4.69) is 21.1 Å². The molecule has 0 aliphatic carbocycles. The molecule has 0 N–H and O–H groups in total. The van der Waals surface area contributed by atoms with E-state index in [1.54, 1.807) is 30.3 Å². The van der Waals surface area contributed by atoms with Gasteiger partial charge in [-0.25, -0.2) is 0 Å². The summed E-state index contributed by atoms with van der Waals surface area (Å²) in [4.78, 5) is -0.664. The van der Waals surface area contributed by atoms with Gasteiger partial charge in [-0.05, 0) is 5.56 Å². The molecule has 0 aliphatic heterocycles. The smallest absolute Gasteiger partial charge is 0.359 e. The molecule has 0 aliphatic rings. The van der Waals surface area contributed by atoms with E-state index in [0.29, 0.717) is 11.8 Å². The van der Waals surface area contributed by atoms with Crippen LogP contribution < -0.4 is 0 Å². The maximum Gasteiger partial charge on any atom is 0.421 e. The van der Waals surface area contributed by atoms with Crippen molar-refractivity contribution in [1.82, 2.24) is 5.16 Å². The van der Waals surface area contributed by atoms with Crippen LogP contribution in [0.5, 0.6) is 0 Å². The zero-order valence-corrected chi connectivity index (χ0v) is 9.99. The van der Waals surface area contributed by atoms with Crippen molar-refractivity contribution >= 4 is 15.9 Å². The van der Waals surface area contributed by atoms with Gasteiger partial charge in [0, 0.05) is 0 Å². The minimum absolute atomic E-state index is 0.233. The summed E-state index contributed by atoms with van der Waals surface area (Å²) in [5.74, 6) is -0.233. The summed E-state index contributed by atoms with van der Waals surface area (Å²) >= 11 is 3.18. The van der Waals surface area contributed by atoms with Gasteiger partial charge in [-0.2, -0.15) is 13.2 Å². The first-order valence-corrected chi connectivity index (χ1v) is 5.62. The van der Waals surface area contributed by atoms with Crippen molar-refractivity contribution in [3.05, 3.63) is 53.4 Å². The van der Waals surface area contributed by atoms with Gasteiger partial charge in [-0.3, -0.25) is 0 Å². The van der Waals surface area contributed by atoms with Gasteiger partial charge < -0.3 is 4.52 Å². The molecular formula is C11H7BrF3NO. The lowest BCUT2D eigenvalue weighted by molar-refractivity contribution is -0.138. The molecule has 2 rings (SSSR count). The number of hydrogen-bond donors (Lipinski definition) is 0. The van der Waals surface area contributed by atoms with Crippen LogP contribution in [0.1, 0.15) is 21.7 Å². The summed E-state index contributed by atoms with van der Waals surface area (Å²) in [6.07, 6.45) is -3.78. The molecule has 0 saturated heterocycles.